The van der Waals surface area contributed by atoms with Gasteiger partial charge in [-0.15, -0.1) is 0 Å². The number of aryl methyl sites for hydroxylation is 2. The Morgan fingerprint density at radius 2 is 1.98 bits per heavy atom. The fourth-order valence-electron chi connectivity index (χ4n) is 6.03. The monoisotopic (exact) mass is 641 g/mol. The normalized spacial score (nSPS) is 23.0. The van der Waals surface area contributed by atoms with E-state index >= 15 is 0 Å². The van der Waals surface area contributed by atoms with Crippen LogP contribution in [0.4, 0.5) is 10.2 Å². The summed E-state index contributed by atoms with van der Waals surface area (Å²) in [5.74, 6) is -2.05. The first-order valence-electron chi connectivity index (χ1n) is 14.8. The van der Waals surface area contributed by atoms with Gasteiger partial charge in [0.2, 0.25) is 0 Å². The molecule has 0 aliphatic carbocycles. The SMILES string of the molecule is CC(=O)Oc1cc(C)cc(C)c1C(C)(C)CC(=O)OC[C@@]1(C)O[C@@H](n2cnc3c(NC(=O)[C@H]4CCC(=O)O4)nc(F)nc32)C[C@@H]1O. The lowest BCUT2D eigenvalue weighted by atomic mass is 9.78. The molecule has 4 heterocycles. The molecule has 0 spiro atoms. The number of cyclic esters (lactones) is 1. The van der Waals surface area contributed by atoms with Gasteiger partial charge in [-0.25, -0.2) is 4.98 Å². The summed E-state index contributed by atoms with van der Waals surface area (Å²) in [5, 5.41) is 13.4. The van der Waals surface area contributed by atoms with Crippen molar-refractivity contribution >= 4 is 40.8 Å². The molecule has 3 aromatic rings. The smallest absolute Gasteiger partial charge is 0.312 e. The number of hydrogen-bond acceptors (Lipinski definition) is 12. The molecule has 5 rings (SSSR count). The van der Waals surface area contributed by atoms with Crippen LogP contribution in [-0.4, -0.2) is 72.9 Å². The topological polar surface area (TPSA) is 181 Å². The molecule has 0 unspecified atom stereocenters. The highest BCUT2D eigenvalue weighted by Crippen LogP contribution is 2.40. The molecule has 1 amide bonds. The number of anilines is 1. The third-order valence-electron chi connectivity index (χ3n) is 8.14. The van der Waals surface area contributed by atoms with Crippen molar-refractivity contribution in [3.8, 4) is 5.75 Å². The zero-order valence-corrected chi connectivity index (χ0v) is 26.4. The number of aliphatic hydroxyl groups excluding tert-OH is 1. The molecule has 14 nitrogen and oxygen atoms in total. The fraction of sp³-hybridized carbons (Fsp3) is 0.516. The Hall–Kier alpha value is -4.50. The summed E-state index contributed by atoms with van der Waals surface area (Å²) >= 11 is 0. The molecule has 2 fully saturated rings. The van der Waals surface area contributed by atoms with Crippen molar-refractivity contribution in [3.63, 3.8) is 0 Å². The largest absolute Gasteiger partial charge is 0.462 e. The van der Waals surface area contributed by atoms with Crippen LogP contribution in [0.3, 0.4) is 0 Å². The summed E-state index contributed by atoms with van der Waals surface area (Å²) in [7, 11) is 0. The van der Waals surface area contributed by atoms with Crippen LogP contribution in [-0.2, 0) is 38.8 Å². The Morgan fingerprint density at radius 3 is 2.65 bits per heavy atom. The molecular weight excluding hydrogens is 605 g/mol. The minimum absolute atomic E-state index is 0.0107. The van der Waals surface area contributed by atoms with Gasteiger partial charge in [-0.2, -0.15) is 14.4 Å². The zero-order chi connectivity index (χ0) is 33.6. The summed E-state index contributed by atoms with van der Waals surface area (Å²) in [5.41, 5.74) is 0.402. The molecule has 2 N–H and O–H groups in total. The van der Waals surface area contributed by atoms with Gasteiger partial charge in [-0.1, -0.05) is 19.9 Å². The fourth-order valence-corrected chi connectivity index (χ4v) is 6.03. The van der Waals surface area contributed by atoms with Crippen molar-refractivity contribution in [2.24, 2.45) is 0 Å². The third-order valence-corrected chi connectivity index (χ3v) is 8.14. The highest BCUT2D eigenvalue weighted by atomic mass is 19.1. The minimum Gasteiger partial charge on any atom is -0.462 e. The molecule has 0 radical (unpaired) electrons. The second-order valence-electron chi connectivity index (χ2n) is 12.6. The van der Waals surface area contributed by atoms with Crippen LogP contribution in [0.2, 0.25) is 0 Å². The number of aromatic nitrogens is 4. The number of carbonyl (C=O) groups excluding carboxylic acids is 4. The Bertz CT molecular complexity index is 1720. The molecule has 2 aliphatic heterocycles. The predicted molar refractivity (Wildman–Crippen MR) is 158 cm³/mol. The summed E-state index contributed by atoms with van der Waals surface area (Å²) in [4.78, 5) is 60.5. The van der Waals surface area contributed by atoms with E-state index in [-0.39, 0.29) is 49.3 Å². The number of aliphatic hydroxyl groups is 1. The highest BCUT2D eigenvalue weighted by molar-refractivity contribution is 6.00. The van der Waals surface area contributed by atoms with Gasteiger partial charge in [-0.05, 0) is 38.0 Å². The van der Waals surface area contributed by atoms with E-state index in [0.29, 0.717) is 11.3 Å². The summed E-state index contributed by atoms with van der Waals surface area (Å²) in [6, 6.07) is 3.69. The van der Waals surface area contributed by atoms with Crippen molar-refractivity contribution in [2.45, 2.75) is 96.7 Å². The van der Waals surface area contributed by atoms with E-state index in [9.17, 15) is 28.7 Å². The van der Waals surface area contributed by atoms with E-state index in [0.717, 1.165) is 11.1 Å². The van der Waals surface area contributed by atoms with Crippen LogP contribution in [0.1, 0.15) is 76.3 Å². The van der Waals surface area contributed by atoms with Crippen LogP contribution in [0.5, 0.6) is 5.75 Å². The Morgan fingerprint density at radius 1 is 1.24 bits per heavy atom. The molecule has 1 aromatic carbocycles. The number of ether oxygens (including phenoxy) is 4. The number of benzene rings is 1. The maximum Gasteiger partial charge on any atom is 0.312 e. The summed E-state index contributed by atoms with van der Waals surface area (Å²) < 4.78 is 38.0. The van der Waals surface area contributed by atoms with Gasteiger partial charge in [0.15, 0.2) is 23.1 Å². The average molecular weight is 642 g/mol. The number of halogens is 1. The van der Waals surface area contributed by atoms with Crippen LogP contribution in [0.15, 0.2) is 18.5 Å². The van der Waals surface area contributed by atoms with Crippen LogP contribution < -0.4 is 10.1 Å². The number of fused-ring (bicyclic) bond motifs is 1. The Kier molecular flexibility index (Phi) is 8.84. The number of hydrogen-bond donors (Lipinski definition) is 2. The number of carbonyl (C=O) groups is 4. The van der Waals surface area contributed by atoms with Crippen molar-refractivity contribution < 1.29 is 47.6 Å². The number of imidazole rings is 1. The second-order valence-corrected chi connectivity index (χ2v) is 12.6. The molecular formula is C31H36FN5O9. The van der Waals surface area contributed by atoms with Gasteiger partial charge in [-0.3, -0.25) is 23.7 Å². The minimum atomic E-state index is -1.33. The van der Waals surface area contributed by atoms with Crippen LogP contribution in [0.25, 0.3) is 11.2 Å². The van der Waals surface area contributed by atoms with Crippen LogP contribution in [0, 0.1) is 19.9 Å². The van der Waals surface area contributed by atoms with Crippen molar-refractivity contribution in [1.82, 2.24) is 19.5 Å². The molecule has 0 bridgehead atoms. The standard InChI is InChI=1S/C31H36FN5O9/c1-15-9-16(2)24(19(10-15)44-17(3)38)30(4,5)12-23(41)43-13-31(6)20(39)11-21(46-31)37-14-33-25-26(35-29(32)36-27(25)37)34-28(42)18-7-8-22(40)45-18/h9-10,14,18,20-21,39H,7-8,11-13H2,1-6H3,(H,34,35,36,42)/t18-,20+,21-,31-/m1/s1. The van der Waals surface area contributed by atoms with Crippen molar-refractivity contribution in [2.75, 3.05) is 11.9 Å². The number of esters is 3. The first kappa shape index (κ1) is 32.9. The maximum absolute atomic E-state index is 14.5. The van der Waals surface area contributed by atoms with Crippen molar-refractivity contribution in [1.29, 1.82) is 0 Å². The number of nitrogens with zero attached hydrogens (tertiary/aromatic N) is 4. The van der Waals surface area contributed by atoms with E-state index in [1.165, 1.54) is 17.8 Å². The molecule has 2 aliphatic rings. The second kappa shape index (κ2) is 12.4. The van der Waals surface area contributed by atoms with Gasteiger partial charge in [0, 0.05) is 37.2 Å². The molecule has 2 aromatic heterocycles. The van der Waals surface area contributed by atoms with E-state index < -0.39 is 59.3 Å². The first-order valence-corrected chi connectivity index (χ1v) is 14.8. The van der Waals surface area contributed by atoms with Gasteiger partial charge in [0.25, 0.3) is 5.91 Å². The van der Waals surface area contributed by atoms with Crippen LogP contribution >= 0.6 is 0 Å². The lowest BCUT2D eigenvalue weighted by Gasteiger charge is -2.30. The molecule has 2 saturated heterocycles. The quantitative estimate of drug-likeness (QED) is 0.198. The van der Waals surface area contributed by atoms with E-state index in [1.54, 1.807) is 13.0 Å². The average Bonchev–Trinajstić information content (AvgIpc) is 3.63. The lowest BCUT2D eigenvalue weighted by Crippen LogP contribution is -2.42. The molecule has 0 saturated carbocycles. The molecule has 4 atom stereocenters. The lowest BCUT2D eigenvalue weighted by molar-refractivity contribution is -0.163. The van der Waals surface area contributed by atoms with E-state index in [2.05, 4.69) is 20.3 Å². The maximum atomic E-state index is 14.5. The Labute approximate surface area is 263 Å². The van der Waals surface area contributed by atoms with Crippen molar-refractivity contribution in [3.05, 3.63) is 41.2 Å². The highest BCUT2D eigenvalue weighted by Gasteiger charge is 2.47. The summed E-state index contributed by atoms with van der Waals surface area (Å²) in [6.45, 7) is 10.1. The van der Waals surface area contributed by atoms with E-state index in [4.69, 9.17) is 18.9 Å². The first-order chi connectivity index (χ1) is 21.6. The summed E-state index contributed by atoms with van der Waals surface area (Å²) in [6.07, 6.45) is -2.58. The van der Waals surface area contributed by atoms with Gasteiger partial charge < -0.3 is 29.4 Å². The molecule has 15 heteroatoms. The van der Waals surface area contributed by atoms with Gasteiger partial charge in [0.05, 0.1) is 18.9 Å². The number of rotatable bonds is 9. The predicted octanol–water partition coefficient (Wildman–Crippen LogP) is 3.10. The number of nitrogens with one attached hydrogen (secondary N) is 1. The number of amides is 1. The molecule has 246 valence electrons. The van der Waals surface area contributed by atoms with E-state index in [1.807, 2.05) is 33.8 Å². The third kappa shape index (κ3) is 6.70. The Balaban J connectivity index is 1.28. The molecule has 46 heavy (non-hydrogen) atoms. The van der Waals surface area contributed by atoms with Gasteiger partial charge in [0.1, 0.15) is 24.2 Å². The van der Waals surface area contributed by atoms with Gasteiger partial charge >= 0.3 is 24.0 Å². The zero-order valence-electron chi connectivity index (χ0n) is 26.4.